The lowest BCUT2D eigenvalue weighted by atomic mass is 10.1. The van der Waals surface area contributed by atoms with Gasteiger partial charge in [0.15, 0.2) is 0 Å². The Morgan fingerprint density at radius 3 is 2.73 bits per heavy atom. The predicted molar refractivity (Wildman–Crippen MR) is 58.7 cm³/mol. The Hall–Kier alpha value is -0.450. The van der Waals surface area contributed by atoms with Crippen molar-refractivity contribution in [3.8, 4) is 0 Å². The van der Waals surface area contributed by atoms with Gasteiger partial charge in [-0.1, -0.05) is 6.08 Å². The molecule has 1 aliphatic rings. The minimum Gasteiger partial charge on any atom is -0.481 e. The van der Waals surface area contributed by atoms with Gasteiger partial charge >= 0.3 is 0 Å². The minimum atomic E-state index is -2.40. The Morgan fingerprint density at radius 1 is 1.67 bits per heavy atom. The van der Waals surface area contributed by atoms with E-state index in [0.717, 1.165) is 6.42 Å². The molecule has 0 heterocycles. The summed E-state index contributed by atoms with van der Waals surface area (Å²) in [6, 6.07) is 0. The summed E-state index contributed by atoms with van der Waals surface area (Å²) < 4.78 is 30.2. The van der Waals surface area contributed by atoms with Crippen molar-refractivity contribution in [3.63, 3.8) is 0 Å². The van der Waals surface area contributed by atoms with Gasteiger partial charge in [-0.15, -0.1) is 0 Å². The number of ether oxygens (including phenoxy) is 1. The molecule has 0 aromatic carbocycles. The van der Waals surface area contributed by atoms with Crippen LogP contribution in [-0.4, -0.2) is 18.9 Å². The monoisotopic (exact) mass is 281 g/mol. The second-order valence-electron chi connectivity index (χ2n) is 3.68. The van der Waals surface area contributed by atoms with Crippen LogP contribution in [0.15, 0.2) is 10.6 Å². The van der Waals surface area contributed by atoms with Crippen molar-refractivity contribution < 1.29 is 13.5 Å². The molecule has 5 heteroatoms. The normalized spacial score (nSPS) is 23.7. The maximum atomic E-state index is 12.5. The quantitative estimate of drug-likeness (QED) is 0.465. The molecule has 1 atom stereocenters. The summed E-state index contributed by atoms with van der Waals surface area (Å²) in [7, 11) is 1.42. The van der Waals surface area contributed by atoms with Gasteiger partial charge in [0.1, 0.15) is 0 Å². The number of rotatable bonds is 5. The van der Waals surface area contributed by atoms with Gasteiger partial charge in [-0.2, -0.15) is 0 Å². The molecular formula is C10H14BrF2NO. The highest BCUT2D eigenvalue weighted by atomic mass is 79.9. The Bertz CT molecular complexity index is 279. The zero-order valence-electron chi connectivity index (χ0n) is 8.53. The molecule has 1 aliphatic carbocycles. The molecule has 15 heavy (non-hydrogen) atoms. The number of unbranched alkanes of at least 4 members (excludes halogenated alkanes) is 1. The van der Waals surface area contributed by atoms with Crippen molar-refractivity contribution in [2.75, 3.05) is 7.11 Å². The molecular weight excluding hydrogens is 268 g/mol. The summed E-state index contributed by atoms with van der Waals surface area (Å²) in [6.45, 7) is 0. The summed E-state index contributed by atoms with van der Waals surface area (Å²) in [5.41, 5.74) is 0. The molecule has 1 rings (SSSR count). The van der Waals surface area contributed by atoms with Crippen LogP contribution >= 0.6 is 15.9 Å². The smallest absolute Gasteiger partial charge is 0.251 e. The number of hydrogen-bond donors (Lipinski definition) is 1. The van der Waals surface area contributed by atoms with E-state index >= 15 is 0 Å². The van der Waals surface area contributed by atoms with Gasteiger partial charge in [0.2, 0.25) is 5.90 Å². The molecule has 86 valence electrons. The van der Waals surface area contributed by atoms with E-state index in [1.54, 1.807) is 6.08 Å². The first-order valence-corrected chi connectivity index (χ1v) is 5.63. The van der Waals surface area contributed by atoms with Gasteiger partial charge in [-0.05, 0) is 35.2 Å². The SMILES string of the molecule is COC(=N)/C(Br)=C\CCCC1CC1(F)F. The van der Waals surface area contributed by atoms with Gasteiger partial charge in [0.25, 0.3) is 5.92 Å². The number of halogens is 3. The summed E-state index contributed by atoms with van der Waals surface area (Å²) >= 11 is 3.17. The van der Waals surface area contributed by atoms with E-state index in [1.165, 1.54) is 7.11 Å². The summed E-state index contributed by atoms with van der Waals surface area (Å²) in [6.07, 6.45) is 3.81. The van der Waals surface area contributed by atoms with Gasteiger partial charge in [0.05, 0.1) is 11.6 Å². The van der Waals surface area contributed by atoms with E-state index in [-0.39, 0.29) is 12.3 Å². The van der Waals surface area contributed by atoms with Gasteiger partial charge in [0, 0.05) is 12.3 Å². The highest BCUT2D eigenvalue weighted by Crippen LogP contribution is 2.51. The highest BCUT2D eigenvalue weighted by molar-refractivity contribution is 9.12. The third-order valence-corrected chi connectivity index (χ3v) is 3.14. The number of hydrogen-bond acceptors (Lipinski definition) is 2. The first kappa shape index (κ1) is 12.6. The fourth-order valence-electron chi connectivity index (χ4n) is 1.37. The van der Waals surface area contributed by atoms with Crippen molar-refractivity contribution >= 4 is 21.8 Å². The van der Waals surface area contributed by atoms with E-state index in [0.29, 0.717) is 17.3 Å². The Balaban J connectivity index is 2.14. The average Bonchev–Trinajstić information content (AvgIpc) is 2.79. The zero-order chi connectivity index (χ0) is 11.5. The standard InChI is InChI=1S/C10H14BrF2NO/c1-15-9(14)8(11)5-3-2-4-7-6-10(7,12)13/h5,7,14H,2-4,6H2,1H3/b8-5+,14-9?. The van der Waals surface area contributed by atoms with Crippen molar-refractivity contribution in [1.82, 2.24) is 0 Å². The summed E-state index contributed by atoms with van der Waals surface area (Å²) in [4.78, 5) is 0. The zero-order valence-corrected chi connectivity index (χ0v) is 10.1. The van der Waals surface area contributed by atoms with Gasteiger partial charge in [-0.25, -0.2) is 8.78 Å². The Morgan fingerprint density at radius 2 is 2.27 bits per heavy atom. The molecule has 0 spiro atoms. The van der Waals surface area contributed by atoms with Crippen molar-refractivity contribution in [1.29, 1.82) is 5.41 Å². The topological polar surface area (TPSA) is 33.1 Å². The van der Waals surface area contributed by atoms with Crippen LogP contribution in [0.4, 0.5) is 8.78 Å². The maximum Gasteiger partial charge on any atom is 0.251 e. The van der Waals surface area contributed by atoms with Crippen LogP contribution in [0.1, 0.15) is 25.7 Å². The molecule has 0 saturated heterocycles. The average molecular weight is 282 g/mol. The van der Waals surface area contributed by atoms with Crippen LogP contribution in [0.25, 0.3) is 0 Å². The molecule has 0 amide bonds. The molecule has 0 aliphatic heterocycles. The molecule has 0 bridgehead atoms. The fourth-order valence-corrected chi connectivity index (χ4v) is 1.76. The lowest BCUT2D eigenvalue weighted by Gasteiger charge is -2.00. The molecule has 2 nitrogen and oxygen atoms in total. The summed E-state index contributed by atoms with van der Waals surface area (Å²) in [5.74, 6) is -2.75. The number of nitrogens with one attached hydrogen (secondary N) is 1. The fraction of sp³-hybridized carbons (Fsp3) is 0.700. The Labute approximate surface area is 96.3 Å². The molecule has 1 N–H and O–H groups in total. The van der Waals surface area contributed by atoms with Crippen molar-refractivity contribution in [2.45, 2.75) is 31.6 Å². The van der Waals surface area contributed by atoms with E-state index in [9.17, 15) is 8.78 Å². The largest absolute Gasteiger partial charge is 0.481 e. The number of allylic oxidation sites excluding steroid dienone is 1. The lowest BCUT2D eigenvalue weighted by Crippen LogP contribution is -1.98. The second-order valence-corrected chi connectivity index (χ2v) is 4.53. The first-order chi connectivity index (χ1) is 6.97. The highest BCUT2D eigenvalue weighted by Gasteiger charge is 2.55. The molecule has 0 aromatic rings. The van der Waals surface area contributed by atoms with E-state index in [4.69, 9.17) is 5.41 Å². The van der Waals surface area contributed by atoms with Crippen LogP contribution in [-0.2, 0) is 4.74 Å². The third-order valence-electron chi connectivity index (χ3n) is 2.46. The Kier molecular flexibility index (Phi) is 4.25. The number of methoxy groups -OCH3 is 1. The van der Waals surface area contributed by atoms with E-state index in [2.05, 4.69) is 20.7 Å². The van der Waals surface area contributed by atoms with Crippen molar-refractivity contribution in [2.24, 2.45) is 5.92 Å². The molecule has 1 unspecified atom stereocenters. The lowest BCUT2D eigenvalue weighted by molar-refractivity contribution is 0.0966. The van der Waals surface area contributed by atoms with Crippen LogP contribution in [0.2, 0.25) is 0 Å². The van der Waals surface area contributed by atoms with Crippen LogP contribution in [0.3, 0.4) is 0 Å². The maximum absolute atomic E-state index is 12.5. The van der Waals surface area contributed by atoms with Gasteiger partial charge in [-0.3, -0.25) is 5.41 Å². The molecule has 0 aromatic heterocycles. The van der Waals surface area contributed by atoms with E-state index in [1.807, 2.05) is 0 Å². The predicted octanol–water partition coefficient (Wildman–Crippen LogP) is 3.71. The molecule has 0 radical (unpaired) electrons. The molecule has 1 fully saturated rings. The van der Waals surface area contributed by atoms with Crippen LogP contribution < -0.4 is 0 Å². The third kappa shape index (κ3) is 3.89. The molecule has 1 saturated carbocycles. The van der Waals surface area contributed by atoms with Gasteiger partial charge < -0.3 is 4.74 Å². The second kappa shape index (κ2) is 5.05. The number of alkyl halides is 2. The van der Waals surface area contributed by atoms with Crippen LogP contribution in [0.5, 0.6) is 0 Å². The van der Waals surface area contributed by atoms with E-state index < -0.39 is 11.8 Å². The van der Waals surface area contributed by atoms with Crippen molar-refractivity contribution in [3.05, 3.63) is 10.6 Å². The van der Waals surface area contributed by atoms with Crippen LogP contribution in [0, 0.1) is 11.3 Å². The summed E-state index contributed by atoms with van der Waals surface area (Å²) in [5, 5.41) is 7.28. The first-order valence-electron chi connectivity index (χ1n) is 4.83. The minimum absolute atomic E-state index is 0.0474.